The van der Waals surface area contributed by atoms with Crippen LogP contribution < -0.4 is 10.6 Å². The number of carbonyl (C=O) groups is 1. The summed E-state index contributed by atoms with van der Waals surface area (Å²) in [6.45, 7) is 1.89. The molecule has 0 saturated carbocycles. The Morgan fingerprint density at radius 3 is 2.57 bits per heavy atom. The summed E-state index contributed by atoms with van der Waals surface area (Å²) in [6.07, 6.45) is 1.33. The van der Waals surface area contributed by atoms with E-state index >= 15 is 0 Å². The van der Waals surface area contributed by atoms with E-state index in [4.69, 9.17) is 28.5 Å². The highest BCUT2D eigenvalue weighted by Gasteiger charge is 2.11. The first-order valence-corrected chi connectivity index (χ1v) is 7.45. The van der Waals surface area contributed by atoms with Gasteiger partial charge in [0.25, 0.3) is 5.91 Å². The van der Waals surface area contributed by atoms with Gasteiger partial charge in [0.05, 0.1) is 10.7 Å². The predicted molar refractivity (Wildman–Crippen MR) is 93.6 cm³/mol. The topological polar surface area (TPSA) is 64.9 Å². The molecule has 4 nitrogen and oxygen atoms in total. The zero-order chi connectivity index (χ0) is 16.8. The van der Waals surface area contributed by atoms with Crippen molar-refractivity contribution in [3.8, 4) is 6.07 Å². The Balaban J connectivity index is 2.12. The monoisotopic (exact) mass is 345 g/mol. The molecule has 2 N–H and O–H groups in total. The summed E-state index contributed by atoms with van der Waals surface area (Å²) in [6, 6.07) is 14.0. The quantitative estimate of drug-likeness (QED) is 0.620. The van der Waals surface area contributed by atoms with Gasteiger partial charge in [-0.05, 0) is 36.8 Å². The molecule has 0 aliphatic heterocycles. The van der Waals surface area contributed by atoms with Crippen LogP contribution in [0.3, 0.4) is 0 Å². The largest absolute Gasteiger partial charge is 0.360 e. The van der Waals surface area contributed by atoms with Gasteiger partial charge in [0.15, 0.2) is 0 Å². The van der Waals surface area contributed by atoms with Crippen molar-refractivity contribution < 1.29 is 4.79 Å². The van der Waals surface area contributed by atoms with Crippen molar-refractivity contribution in [2.24, 2.45) is 0 Å². The number of rotatable bonds is 4. The maximum absolute atomic E-state index is 12.1. The van der Waals surface area contributed by atoms with Crippen LogP contribution in [0.1, 0.15) is 5.56 Å². The van der Waals surface area contributed by atoms with E-state index < -0.39 is 5.91 Å². The molecule has 0 heterocycles. The molecule has 0 aromatic heterocycles. The molecule has 0 unspecified atom stereocenters. The molecule has 23 heavy (non-hydrogen) atoms. The van der Waals surface area contributed by atoms with E-state index in [1.165, 1.54) is 6.20 Å². The number of hydrogen-bond donors (Lipinski definition) is 2. The molecule has 1 amide bonds. The number of nitrogens with one attached hydrogen (secondary N) is 2. The van der Waals surface area contributed by atoms with Gasteiger partial charge in [0.1, 0.15) is 11.6 Å². The molecule has 116 valence electrons. The Morgan fingerprint density at radius 2 is 1.91 bits per heavy atom. The van der Waals surface area contributed by atoms with E-state index in [0.717, 1.165) is 5.56 Å². The van der Waals surface area contributed by atoms with Crippen LogP contribution in [0.2, 0.25) is 10.0 Å². The molecule has 2 aromatic carbocycles. The number of benzene rings is 2. The van der Waals surface area contributed by atoms with Crippen LogP contribution >= 0.6 is 23.2 Å². The first-order chi connectivity index (χ1) is 11.0. The minimum absolute atomic E-state index is 0.0818. The second-order valence-electron chi connectivity index (χ2n) is 4.71. The van der Waals surface area contributed by atoms with Crippen LogP contribution in [-0.4, -0.2) is 5.91 Å². The van der Waals surface area contributed by atoms with Crippen LogP contribution in [0.4, 0.5) is 11.4 Å². The fourth-order valence-corrected chi connectivity index (χ4v) is 2.10. The standard InChI is InChI=1S/C17H13Cl2N3O/c1-11-6-7-13(8-15(11)19)21-10-12(9-20)17(23)22-16-5-3-2-4-14(16)18/h2-8,10,21H,1H3,(H,22,23)/b12-10-. The van der Waals surface area contributed by atoms with Crippen LogP contribution in [-0.2, 0) is 4.79 Å². The fourth-order valence-electron chi connectivity index (χ4n) is 1.74. The summed E-state index contributed by atoms with van der Waals surface area (Å²) >= 11 is 12.0. The van der Waals surface area contributed by atoms with Crippen LogP contribution in [0, 0.1) is 18.3 Å². The third-order valence-electron chi connectivity index (χ3n) is 3.04. The minimum atomic E-state index is -0.550. The van der Waals surface area contributed by atoms with E-state index in [2.05, 4.69) is 10.6 Å². The molecule has 0 aliphatic carbocycles. The number of hydrogen-bond acceptors (Lipinski definition) is 3. The maximum atomic E-state index is 12.1. The first kappa shape index (κ1) is 16.9. The number of para-hydroxylation sites is 1. The van der Waals surface area contributed by atoms with Crippen molar-refractivity contribution in [2.75, 3.05) is 10.6 Å². The van der Waals surface area contributed by atoms with Gasteiger partial charge >= 0.3 is 0 Å². The van der Waals surface area contributed by atoms with Gasteiger partial charge in [-0.1, -0.05) is 41.4 Å². The average Bonchev–Trinajstić information content (AvgIpc) is 2.53. The predicted octanol–water partition coefficient (Wildman–Crippen LogP) is 4.76. The van der Waals surface area contributed by atoms with Crippen molar-refractivity contribution in [3.63, 3.8) is 0 Å². The normalized spacial score (nSPS) is 10.8. The van der Waals surface area contributed by atoms with E-state index in [-0.39, 0.29) is 5.57 Å². The number of nitriles is 1. The molecule has 0 spiro atoms. The molecular formula is C17H13Cl2N3O. The Hall–Kier alpha value is -2.48. The van der Waals surface area contributed by atoms with E-state index in [1.54, 1.807) is 36.4 Å². The molecule has 0 saturated heterocycles. The Kier molecular flexibility index (Phi) is 5.64. The van der Waals surface area contributed by atoms with Gasteiger partial charge in [-0.2, -0.15) is 5.26 Å². The van der Waals surface area contributed by atoms with Gasteiger partial charge in [-0.3, -0.25) is 4.79 Å². The molecule has 0 fully saturated rings. The van der Waals surface area contributed by atoms with Crippen LogP contribution in [0.15, 0.2) is 54.2 Å². The second kappa shape index (κ2) is 7.68. The van der Waals surface area contributed by atoms with Crippen molar-refractivity contribution in [3.05, 3.63) is 69.8 Å². The van der Waals surface area contributed by atoms with Gasteiger partial charge in [-0.25, -0.2) is 0 Å². The fraction of sp³-hybridized carbons (Fsp3) is 0.0588. The van der Waals surface area contributed by atoms with Crippen LogP contribution in [0.25, 0.3) is 0 Å². The lowest BCUT2D eigenvalue weighted by molar-refractivity contribution is -0.112. The molecular weight excluding hydrogens is 333 g/mol. The van der Waals surface area contributed by atoms with Crippen molar-refractivity contribution in [1.82, 2.24) is 0 Å². The minimum Gasteiger partial charge on any atom is -0.360 e. The van der Waals surface area contributed by atoms with E-state index in [9.17, 15) is 4.79 Å². The maximum Gasteiger partial charge on any atom is 0.267 e. The lowest BCUT2D eigenvalue weighted by Crippen LogP contribution is -2.14. The van der Waals surface area contributed by atoms with Crippen LogP contribution in [0.5, 0.6) is 0 Å². The smallest absolute Gasteiger partial charge is 0.267 e. The molecule has 0 atom stereocenters. The number of halogens is 2. The number of carbonyl (C=O) groups excluding carboxylic acids is 1. The van der Waals surface area contributed by atoms with Gasteiger partial charge in [0, 0.05) is 16.9 Å². The summed E-state index contributed by atoms with van der Waals surface area (Å²) in [5.41, 5.74) is 1.98. The van der Waals surface area contributed by atoms with Gasteiger partial charge < -0.3 is 10.6 Å². The van der Waals surface area contributed by atoms with Gasteiger partial charge in [0.2, 0.25) is 0 Å². The van der Waals surface area contributed by atoms with E-state index in [0.29, 0.717) is 21.4 Å². The highest BCUT2D eigenvalue weighted by atomic mass is 35.5. The highest BCUT2D eigenvalue weighted by Crippen LogP contribution is 2.22. The average molecular weight is 346 g/mol. The summed E-state index contributed by atoms with van der Waals surface area (Å²) < 4.78 is 0. The van der Waals surface area contributed by atoms with Gasteiger partial charge in [-0.15, -0.1) is 0 Å². The van der Waals surface area contributed by atoms with Crippen molar-refractivity contribution in [2.45, 2.75) is 6.92 Å². The Labute approximate surface area is 144 Å². The summed E-state index contributed by atoms with van der Waals surface area (Å²) in [5, 5.41) is 15.6. The Bertz CT molecular complexity index is 810. The molecule has 0 aliphatic rings. The van der Waals surface area contributed by atoms with Crippen molar-refractivity contribution in [1.29, 1.82) is 5.26 Å². The molecule has 6 heteroatoms. The second-order valence-corrected chi connectivity index (χ2v) is 5.53. The zero-order valence-electron chi connectivity index (χ0n) is 12.2. The molecule has 2 aromatic rings. The first-order valence-electron chi connectivity index (χ1n) is 6.70. The molecule has 0 radical (unpaired) electrons. The summed E-state index contributed by atoms with van der Waals surface area (Å²) in [7, 11) is 0. The number of nitrogens with zero attached hydrogens (tertiary/aromatic N) is 1. The lowest BCUT2D eigenvalue weighted by Gasteiger charge is -2.07. The summed E-state index contributed by atoms with van der Waals surface area (Å²) in [5.74, 6) is -0.550. The lowest BCUT2D eigenvalue weighted by atomic mass is 10.2. The van der Waals surface area contributed by atoms with E-state index in [1.807, 2.05) is 19.1 Å². The highest BCUT2D eigenvalue weighted by molar-refractivity contribution is 6.34. The Morgan fingerprint density at radius 1 is 1.17 bits per heavy atom. The van der Waals surface area contributed by atoms with Crippen molar-refractivity contribution >= 4 is 40.5 Å². The third-order valence-corrected chi connectivity index (χ3v) is 3.78. The SMILES string of the molecule is Cc1ccc(N/C=C(/C#N)C(=O)Nc2ccccc2Cl)cc1Cl. The summed E-state index contributed by atoms with van der Waals surface area (Å²) in [4.78, 5) is 12.1. The third kappa shape index (κ3) is 4.49. The molecule has 2 rings (SSSR count). The number of anilines is 2. The zero-order valence-corrected chi connectivity index (χ0v) is 13.7. The number of amides is 1. The number of aryl methyl sites for hydroxylation is 1. The molecule has 0 bridgehead atoms.